The predicted molar refractivity (Wildman–Crippen MR) is 85.8 cm³/mol. The molecule has 0 saturated carbocycles. The Morgan fingerprint density at radius 2 is 1.75 bits per heavy atom. The molecule has 1 heterocycles. The maximum absolute atomic E-state index is 11.3. The van der Waals surface area contributed by atoms with Crippen molar-refractivity contribution in [2.45, 2.75) is 5.38 Å². The number of hydrogen-bond acceptors (Lipinski definition) is 1. The van der Waals surface area contributed by atoms with Crippen LogP contribution >= 0.6 is 39.1 Å². The van der Waals surface area contributed by atoms with Gasteiger partial charge in [-0.3, -0.25) is 0 Å². The summed E-state index contributed by atoms with van der Waals surface area (Å²) in [7, 11) is 0. The zero-order chi connectivity index (χ0) is 14.3. The number of benzene rings is 2. The van der Waals surface area contributed by atoms with Gasteiger partial charge in [0.25, 0.3) is 0 Å². The zero-order valence-corrected chi connectivity index (χ0v) is 13.2. The summed E-state index contributed by atoms with van der Waals surface area (Å²) < 4.78 is 0.877. The average molecular weight is 372 g/mol. The lowest BCUT2D eigenvalue weighted by molar-refractivity contribution is 1.14. The Labute approximate surface area is 133 Å². The molecule has 20 heavy (non-hydrogen) atoms. The van der Waals surface area contributed by atoms with E-state index < -0.39 is 0 Å². The van der Waals surface area contributed by atoms with Gasteiger partial charge in [-0.05, 0) is 41.5 Å². The van der Waals surface area contributed by atoms with Crippen molar-refractivity contribution in [3.05, 3.63) is 67.5 Å². The smallest absolute Gasteiger partial charge is 0.306 e. The molecule has 102 valence electrons. The Balaban J connectivity index is 2.06. The highest BCUT2D eigenvalue weighted by atomic mass is 79.9. The molecule has 0 amide bonds. The molecule has 3 nitrogen and oxygen atoms in total. The van der Waals surface area contributed by atoms with E-state index in [0.29, 0.717) is 5.02 Å². The standard InChI is InChI=1S/C14H9BrCl2N2O/c15-9-3-8(4-10(16)6-9)13(17)7-1-2-11-12(5-7)19-14(20)18-11/h1-6,13H,(H2,18,19,20). The third-order valence-electron chi connectivity index (χ3n) is 3.01. The van der Waals surface area contributed by atoms with E-state index in [-0.39, 0.29) is 11.1 Å². The Bertz CT molecular complexity index is 820. The quantitative estimate of drug-likeness (QED) is 0.635. The van der Waals surface area contributed by atoms with Crippen LogP contribution in [0.3, 0.4) is 0 Å². The SMILES string of the molecule is O=c1[nH]c2ccc(C(Cl)c3cc(Cl)cc(Br)c3)cc2[nH]1. The first-order valence-electron chi connectivity index (χ1n) is 5.85. The lowest BCUT2D eigenvalue weighted by Gasteiger charge is -2.11. The number of fused-ring (bicyclic) bond motifs is 1. The molecule has 0 fully saturated rings. The van der Waals surface area contributed by atoms with Gasteiger partial charge < -0.3 is 9.97 Å². The number of halogens is 3. The van der Waals surface area contributed by atoms with Gasteiger partial charge in [0.05, 0.1) is 16.4 Å². The number of H-pyrrole nitrogens is 2. The molecule has 3 aromatic rings. The average Bonchev–Trinajstić information content (AvgIpc) is 2.75. The maximum atomic E-state index is 11.3. The summed E-state index contributed by atoms with van der Waals surface area (Å²) >= 11 is 15.9. The summed E-state index contributed by atoms with van der Waals surface area (Å²) in [5, 5.41) is 0.281. The molecule has 1 aromatic heterocycles. The van der Waals surface area contributed by atoms with E-state index in [1.165, 1.54) is 0 Å². The number of rotatable bonds is 2. The Kier molecular flexibility index (Phi) is 3.63. The van der Waals surface area contributed by atoms with Crippen LogP contribution in [0.1, 0.15) is 16.5 Å². The van der Waals surface area contributed by atoms with Crippen LogP contribution in [-0.4, -0.2) is 9.97 Å². The molecule has 0 aliphatic carbocycles. The van der Waals surface area contributed by atoms with Crippen molar-refractivity contribution in [1.29, 1.82) is 0 Å². The van der Waals surface area contributed by atoms with Crippen LogP contribution in [0.5, 0.6) is 0 Å². The molecule has 0 bridgehead atoms. The molecule has 6 heteroatoms. The fourth-order valence-corrected chi connectivity index (χ4v) is 3.27. The number of hydrogen-bond donors (Lipinski definition) is 2. The van der Waals surface area contributed by atoms with Gasteiger partial charge in [0, 0.05) is 9.50 Å². The van der Waals surface area contributed by atoms with Gasteiger partial charge in [0.2, 0.25) is 0 Å². The summed E-state index contributed by atoms with van der Waals surface area (Å²) in [4.78, 5) is 16.7. The highest BCUT2D eigenvalue weighted by Gasteiger charge is 2.13. The van der Waals surface area contributed by atoms with Crippen molar-refractivity contribution in [3.63, 3.8) is 0 Å². The van der Waals surface area contributed by atoms with Crippen LogP contribution in [0.2, 0.25) is 5.02 Å². The van der Waals surface area contributed by atoms with E-state index >= 15 is 0 Å². The summed E-state index contributed by atoms with van der Waals surface area (Å²) in [6, 6.07) is 11.1. The topological polar surface area (TPSA) is 48.6 Å². The molecule has 1 atom stereocenters. The third kappa shape index (κ3) is 2.64. The first kappa shape index (κ1) is 13.7. The second kappa shape index (κ2) is 5.28. The van der Waals surface area contributed by atoms with Crippen LogP contribution in [0.25, 0.3) is 11.0 Å². The van der Waals surface area contributed by atoms with Crippen molar-refractivity contribution < 1.29 is 0 Å². The molecule has 0 spiro atoms. The summed E-state index contributed by atoms with van der Waals surface area (Å²) in [6.45, 7) is 0. The molecule has 1 unspecified atom stereocenters. The fourth-order valence-electron chi connectivity index (χ4n) is 2.12. The zero-order valence-electron chi connectivity index (χ0n) is 10.1. The second-order valence-electron chi connectivity index (χ2n) is 4.45. The summed E-state index contributed by atoms with van der Waals surface area (Å²) in [5.41, 5.74) is 3.05. The maximum Gasteiger partial charge on any atom is 0.323 e. The van der Waals surface area contributed by atoms with E-state index in [4.69, 9.17) is 23.2 Å². The van der Waals surface area contributed by atoms with Crippen LogP contribution < -0.4 is 5.69 Å². The van der Waals surface area contributed by atoms with E-state index in [1.54, 1.807) is 0 Å². The number of alkyl halides is 1. The monoisotopic (exact) mass is 370 g/mol. The summed E-state index contributed by atoms with van der Waals surface area (Å²) in [6.07, 6.45) is 0. The molecule has 2 aromatic carbocycles. The van der Waals surface area contributed by atoms with Crippen LogP contribution in [0.4, 0.5) is 0 Å². The van der Waals surface area contributed by atoms with Crippen LogP contribution in [0.15, 0.2) is 45.7 Å². The lowest BCUT2D eigenvalue weighted by Crippen LogP contribution is -1.99. The molecule has 0 radical (unpaired) electrons. The molecule has 0 saturated heterocycles. The molecule has 3 rings (SSSR count). The summed E-state index contributed by atoms with van der Waals surface area (Å²) in [5.74, 6) is 0. The minimum absolute atomic E-state index is 0.228. The predicted octanol–water partition coefficient (Wildman–Crippen LogP) is 4.60. The lowest BCUT2D eigenvalue weighted by atomic mass is 10.0. The van der Waals surface area contributed by atoms with Crippen LogP contribution in [0, 0.1) is 0 Å². The van der Waals surface area contributed by atoms with Crippen molar-refractivity contribution in [1.82, 2.24) is 9.97 Å². The third-order valence-corrected chi connectivity index (χ3v) is 4.19. The van der Waals surface area contributed by atoms with E-state index in [9.17, 15) is 4.79 Å². The highest BCUT2D eigenvalue weighted by molar-refractivity contribution is 9.10. The Hall–Kier alpha value is -1.23. The first-order valence-corrected chi connectivity index (χ1v) is 7.46. The van der Waals surface area contributed by atoms with Gasteiger partial charge in [0.1, 0.15) is 0 Å². The second-order valence-corrected chi connectivity index (χ2v) is 6.24. The van der Waals surface area contributed by atoms with Crippen molar-refractivity contribution >= 4 is 50.2 Å². The normalized spacial score (nSPS) is 12.8. The van der Waals surface area contributed by atoms with Crippen molar-refractivity contribution in [2.24, 2.45) is 0 Å². The highest BCUT2D eigenvalue weighted by Crippen LogP contribution is 2.33. The van der Waals surface area contributed by atoms with Gasteiger partial charge in [-0.25, -0.2) is 4.79 Å². The van der Waals surface area contributed by atoms with Crippen LogP contribution in [-0.2, 0) is 0 Å². The molecular formula is C14H9BrCl2N2O. The van der Waals surface area contributed by atoms with Gasteiger partial charge in [-0.15, -0.1) is 11.6 Å². The fraction of sp³-hybridized carbons (Fsp3) is 0.0714. The molecule has 2 N–H and O–H groups in total. The minimum atomic E-state index is -0.340. The van der Waals surface area contributed by atoms with Crippen molar-refractivity contribution in [3.8, 4) is 0 Å². The number of nitrogens with one attached hydrogen (secondary N) is 2. The van der Waals surface area contributed by atoms with Crippen molar-refractivity contribution in [2.75, 3.05) is 0 Å². The first-order chi connectivity index (χ1) is 9.52. The molecule has 0 aliphatic heterocycles. The Morgan fingerprint density at radius 1 is 1.00 bits per heavy atom. The largest absolute Gasteiger partial charge is 0.323 e. The number of aromatic amines is 2. The number of imidazole rings is 1. The van der Waals surface area contributed by atoms with E-state index in [1.807, 2.05) is 36.4 Å². The van der Waals surface area contributed by atoms with Gasteiger partial charge in [-0.1, -0.05) is 33.6 Å². The minimum Gasteiger partial charge on any atom is -0.306 e. The Morgan fingerprint density at radius 3 is 2.50 bits per heavy atom. The van der Waals surface area contributed by atoms with Gasteiger partial charge >= 0.3 is 5.69 Å². The molecular weight excluding hydrogens is 363 g/mol. The number of aromatic nitrogens is 2. The molecule has 0 aliphatic rings. The van der Waals surface area contributed by atoms with Gasteiger partial charge in [0.15, 0.2) is 0 Å². The van der Waals surface area contributed by atoms with Gasteiger partial charge in [-0.2, -0.15) is 0 Å². The van der Waals surface area contributed by atoms with E-state index in [2.05, 4.69) is 25.9 Å². The van der Waals surface area contributed by atoms with E-state index in [0.717, 1.165) is 26.6 Å².